The van der Waals surface area contributed by atoms with Crippen molar-refractivity contribution >= 4 is 12.2 Å². The van der Waals surface area contributed by atoms with E-state index in [1.807, 2.05) is 24.4 Å². The number of H-pyrrole nitrogens is 3. The van der Waals surface area contributed by atoms with Gasteiger partial charge in [-0.25, -0.2) is 0 Å². The molecule has 0 bridgehead atoms. The predicted octanol–water partition coefficient (Wildman–Crippen LogP) is 7.05. The third-order valence-electron chi connectivity index (χ3n) is 6.37. The first kappa shape index (κ1) is 25.0. The van der Waals surface area contributed by atoms with E-state index < -0.39 is 0 Å². The molecule has 3 rings (SSSR count). The summed E-state index contributed by atoms with van der Waals surface area (Å²) < 4.78 is 5.56. The number of rotatable bonds is 16. The molecular formula is C29H43N3O. The smallest absolute Gasteiger partial charge is 0.144 e. The van der Waals surface area contributed by atoms with Crippen molar-refractivity contribution in [2.45, 2.75) is 90.4 Å². The first-order valence-corrected chi connectivity index (χ1v) is 13.1. The number of aromatic nitrogens is 3. The molecule has 0 aliphatic heterocycles. The summed E-state index contributed by atoms with van der Waals surface area (Å²) in [5.41, 5.74) is 3.04. The van der Waals surface area contributed by atoms with Gasteiger partial charge in [0.1, 0.15) is 5.75 Å². The summed E-state index contributed by atoms with van der Waals surface area (Å²) in [6.07, 6.45) is 24.2. The van der Waals surface area contributed by atoms with Crippen molar-refractivity contribution in [2.75, 3.05) is 7.11 Å². The second-order valence-electron chi connectivity index (χ2n) is 9.14. The molecule has 180 valence electrons. The fourth-order valence-electron chi connectivity index (χ4n) is 4.40. The zero-order valence-electron chi connectivity index (χ0n) is 20.7. The molecule has 0 fully saturated rings. The highest BCUT2D eigenvalue weighted by Gasteiger charge is 2.08. The van der Waals surface area contributed by atoms with Crippen molar-refractivity contribution in [2.24, 2.45) is 0 Å². The molecule has 0 aliphatic rings. The zero-order valence-corrected chi connectivity index (χ0v) is 20.7. The van der Waals surface area contributed by atoms with Crippen LogP contribution in [0.3, 0.4) is 0 Å². The van der Waals surface area contributed by atoms with Gasteiger partial charge < -0.3 is 19.7 Å². The summed E-state index contributed by atoms with van der Waals surface area (Å²) in [5.74, 6) is 0.844. The van der Waals surface area contributed by atoms with E-state index in [4.69, 9.17) is 4.74 Å². The fraction of sp³-hybridized carbons (Fsp3) is 0.517. The predicted molar refractivity (Wildman–Crippen MR) is 141 cm³/mol. The van der Waals surface area contributed by atoms with Gasteiger partial charge in [0.2, 0.25) is 0 Å². The van der Waals surface area contributed by atoms with E-state index in [1.54, 1.807) is 7.11 Å². The van der Waals surface area contributed by atoms with E-state index in [-0.39, 0.29) is 0 Å². The SMILES string of the molecule is CCCCCCCCCCCCCCC=c1ccc(=Cc2[nH]c(-c3ccc[nH]3)cc2OC)[nH]1. The largest absolute Gasteiger partial charge is 0.494 e. The molecular weight excluding hydrogens is 406 g/mol. The molecule has 0 spiro atoms. The normalized spacial score (nSPS) is 12.7. The van der Waals surface area contributed by atoms with Crippen LogP contribution in [-0.2, 0) is 0 Å². The van der Waals surface area contributed by atoms with E-state index in [2.05, 4.69) is 46.2 Å². The van der Waals surface area contributed by atoms with Gasteiger partial charge in [-0.2, -0.15) is 0 Å². The number of hydrogen-bond acceptors (Lipinski definition) is 1. The molecule has 0 aliphatic carbocycles. The minimum absolute atomic E-state index is 0.844. The second kappa shape index (κ2) is 14.5. The van der Waals surface area contributed by atoms with Crippen LogP contribution in [0.1, 0.15) is 96.1 Å². The fourth-order valence-corrected chi connectivity index (χ4v) is 4.40. The Morgan fingerprint density at radius 1 is 0.758 bits per heavy atom. The van der Waals surface area contributed by atoms with E-state index in [1.165, 1.54) is 82.4 Å². The van der Waals surface area contributed by atoms with Crippen LogP contribution in [0.2, 0.25) is 0 Å². The van der Waals surface area contributed by atoms with Crippen LogP contribution in [0.4, 0.5) is 0 Å². The maximum absolute atomic E-state index is 5.56. The van der Waals surface area contributed by atoms with Gasteiger partial charge in [-0.1, -0.05) is 83.6 Å². The lowest BCUT2D eigenvalue weighted by molar-refractivity contribution is 0.414. The number of hydrogen-bond donors (Lipinski definition) is 3. The molecule has 0 atom stereocenters. The lowest BCUT2D eigenvalue weighted by Gasteiger charge is -2.02. The van der Waals surface area contributed by atoms with Crippen LogP contribution in [-0.4, -0.2) is 22.1 Å². The molecule has 3 heterocycles. The molecule has 0 amide bonds. The molecule has 3 aromatic heterocycles. The second-order valence-corrected chi connectivity index (χ2v) is 9.14. The van der Waals surface area contributed by atoms with Crippen molar-refractivity contribution in [3.05, 3.63) is 52.9 Å². The summed E-state index contributed by atoms with van der Waals surface area (Å²) in [7, 11) is 1.71. The highest BCUT2D eigenvalue weighted by Crippen LogP contribution is 2.26. The van der Waals surface area contributed by atoms with Crippen LogP contribution in [0.5, 0.6) is 5.75 Å². The minimum atomic E-state index is 0.844. The molecule has 0 unspecified atom stereocenters. The maximum Gasteiger partial charge on any atom is 0.144 e. The van der Waals surface area contributed by atoms with Gasteiger partial charge in [0.15, 0.2) is 0 Å². The van der Waals surface area contributed by atoms with Crippen molar-refractivity contribution in [1.29, 1.82) is 0 Å². The Hall–Kier alpha value is -2.62. The van der Waals surface area contributed by atoms with Gasteiger partial charge in [0.25, 0.3) is 0 Å². The Bertz CT molecular complexity index is 1010. The monoisotopic (exact) mass is 449 g/mol. The van der Waals surface area contributed by atoms with Crippen molar-refractivity contribution in [3.63, 3.8) is 0 Å². The zero-order chi connectivity index (χ0) is 23.1. The van der Waals surface area contributed by atoms with E-state index in [0.717, 1.165) is 34.6 Å². The number of methoxy groups -OCH3 is 1. The Balaban J connectivity index is 1.37. The van der Waals surface area contributed by atoms with E-state index in [0.29, 0.717) is 0 Å². The number of ether oxygens (including phenoxy) is 1. The Morgan fingerprint density at radius 3 is 2.06 bits per heavy atom. The number of unbranched alkanes of at least 4 members (excludes halogenated alkanes) is 12. The Morgan fingerprint density at radius 2 is 1.42 bits per heavy atom. The quantitative estimate of drug-likeness (QED) is 0.202. The van der Waals surface area contributed by atoms with Crippen LogP contribution in [0.25, 0.3) is 23.5 Å². The van der Waals surface area contributed by atoms with Crippen LogP contribution >= 0.6 is 0 Å². The standard InChI is InChI=1S/C29H43N3O/c1-3-4-5-6-7-8-9-10-11-12-13-14-15-17-24-19-20-25(31-24)22-28-29(33-2)23-27(32-28)26-18-16-21-30-26/h16-23,30-32H,3-15H2,1-2H3. The lowest BCUT2D eigenvalue weighted by Crippen LogP contribution is -2.09. The topological polar surface area (TPSA) is 56.6 Å². The van der Waals surface area contributed by atoms with Crippen LogP contribution in [0, 0.1) is 0 Å². The summed E-state index contributed by atoms with van der Waals surface area (Å²) in [6, 6.07) is 10.4. The highest BCUT2D eigenvalue weighted by atomic mass is 16.5. The molecule has 0 aromatic carbocycles. The first-order chi connectivity index (χ1) is 16.3. The minimum Gasteiger partial charge on any atom is -0.494 e. The van der Waals surface area contributed by atoms with Gasteiger partial charge >= 0.3 is 0 Å². The summed E-state index contributed by atoms with van der Waals surface area (Å²) in [5, 5.41) is 2.27. The molecule has 3 N–H and O–H groups in total. The third-order valence-corrected chi connectivity index (χ3v) is 6.37. The molecule has 0 saturated carbocycles. The summed E-state index contributed by atoms with van der Waals surface area (Å²) in [4.78, 5) is 10.2. The van der Waals surface area contributed by atoms with Crippen LogP contribution in [0.15, 0.2) is 36.5 Å². The molecule has 4 nitrogen and oxygen atoms in total. The number of aromatic amines is 3. The summed E-state index contributed by atoms with van der Waals surface area (Å²) >= 11 is 0. The van der Waals surface area contributed by atoms with Gasteiger partial charge in [-0.05, 0) is 43.2 Å². The lowest BCUT2D eigenvalue weighted by atomic mass is 10.0. The molecule has 4 heteroatoms. The van der Waals surface area contributed by atoms with Gasteiger partial charge in [0, 0.05) is 23.0 Å². The molecule has 33 heavy (non-hydrogen) atoms. The maximum atomic E-state index is 5.56. The van der Waals surface area contributed by atoms with Crippen molar-refractivity contribution in [3.8, 4) is 17.1 Å². The Labute approximate surface area is 199 Å². The molecule has 3 aromatic rings. The van der Waals surface area contributed by atoms with Crippen molar-refractivity contribution in [1.82, 2.24) is 15.0 Å². The van der Waals surface area contributed by atoms with Crippen LogP contribution < -0.4 is 15.4 Å². The third kappa shape index (κ3) is 8.68. The first-order valence-electron chi connectivity index (χ1n) is 13.1. The van der Waals surface area contributed by atoms with Crippen molar-refractivity contribution < 1.29 is 4.74 Å². The average Bonchev–Trinajstić information content (AvgIpc) is 3.58. The molecule has 0 radical (unpaired) electrons. The number of nitrogens with one attached hydrogen (secondary N) is 3. The van der Waals surface area contributed by atoms with E-state index in [9.17, 15) is 0 Å². The molecule has 0 saturated heterocycles. The van der Waals surface area contributed by atoms with E-state index >= 15 is 0 Å². The van der Waals surface area contributed by atoms with Gasteiger partial charge in [-0.15, -0.1) is 0 Å². The van der Waals surface area contributed by atoms with Gasteiger partial charge in [-0.3, -0.25) is 0 Å². The highest BCUT2D eigenvalue weighted by molar-refractivity contribution is 5.65. The average molecular weight is 450 g/mol. The Kier molecular flexibility index (Phi) is 11.0. The van der Waals surface area contributed by atoms with Gasteiger partial charge in [0.05, 0.1) is 24.2 Å². The summed E-state index contributed by atoms with van der Waals surface area (Å²) in [6.45, 7) is 2.29.